The number of unbranched alkanes of at least 4 members (excludes halogenated alkanes) is 3. The largest absolute Gasteiger partial charge is 0.466 e. The Bertz CT molecular complexity index is 632. The third kappa shape index (κ3) is 9.94. The third-order valence-electron chi connectivity index (χ3n) is 4.25. The van der Waals surface area contributed by atoms with Gasteiger partial charge in [-0.1, -0.05) is 25.0 Å². The molecule has 0 fully saturated rings. The monoisotopic (exact) mass is 390 g/mol. The minimum absolute atomic E-state index is 0.0745. The molecule has 3 N–H and O–H groups in total. The van der Waals surface area contributed by atoms with E-state index in [1.54, 1.807) is 14.1 Å². The first-order valence-corrected chi connectivity index (χ1v) is 10.0. The predicted octanol–water partition coefficient (Wildman–Crippen LogP) is 2.27. The molecule has 156 valence electrons. The number of carbonyl (C=O) groups is 2. The first-order valence-electron chi connectivity index (χ1n) is 10.0. The van der Waals surface area contributed by atoms with Crippen molar-refractivity contribution in [2.45, 2.75) is 45.4 Å². The Hall–Kier alpha value is -2.57. The summed E-state index contributed by atoms with van der Waals surface area (Å²) in [4.78, 5) is 27.2. The number of esters is 1. The van der Waals surface area contributed by atoms with Gasteiger partial charge >= 0.3 is 5.97 Å². The highest BCUT2D eigenvalue weighted by atomic mass is 16.5. The Morgan fingerprint density at radius 2 is 1.82 bits per heavy atom. The van der Waals surface area contributed by atoms with Crippen molar-refractivity contribution < 1.29 is 14.3 Å². The molecule has 1 rings (SSSR count). The van der Waals surface area contributed by atoms with Crippen molar-refractivity contribution in [3.63, 3.8) is 0 Å². The van der Waals surface area contributed by atoms with Crippen LogP contribution in [0, 0.1) is 0 Å². The quantitative estimate of drug-likeness (QED) is 0.220. The number of rotatable bonds is 12. The number of nitrogens with one attached hydrogen (secondary N) is 3. The molecule has 0 atom stereocenters. The molecule has 0 heterocycles. The molecule has 0 saturated heterocycles. The maximum Gasteiger partial charge on any atom is 0.305 e. The van der Waals surface area contributed by atoms with Crippen LogP contribution in [-0.2, 0) is 16.0 Å². The normalized spacial score (nSPS) is 11.0. The van der Waals surface area contributed by atoms with Gasteiger partial charge in [-0.15, -0.1) is 0 Å². The number of carbonyl (C=O) groups excluding carboxylic acids is 2. The number of benzene rings is 1. The van der Waals surface area contributed by atoms with Gasteiger partial charge in [0.15, 0.2) is 5.96 Å². The standard InChI is InChI=1S/C21H34N4O3/c1-4-28-19(26)12-7-5-6-8-14-24-21(23-3)25-15-13-17-10-9-11-18(16-17)20(27)22-2/h9-11,16H,4-8,12-15H2,1-3H3,(H,22,27)(H2,23,24,25). The van der Waals surface area contributed by atoms with Gasteiger partial charge in [0.1, 0.15) is 0 Å². The molecular formula is C21H34N4O3. The third-order valence-corrected chi connectivity index (χ3v) is 4.25. The van der Waals surface area contributed by atoms with E-state index in [2.05, 4.69) is 20.9 Å². The van der Waals surface area contributed by atoms with E-state index in [1.165, 1.54) is 0 Å². The van der Waals surface area contributed by atoms with Crippen LogP contribution < -0.4 is 16.0 Å². The lowest BCUT2D eigenvalue weighted by Crippen LogP contribution is -2.38. The maximum absolute atomic E-state index is 11.7. The van der Waals surface area contributed by atoms with Crippen molar-refractivity contribution >= 4 is 17.8 Å². The highest BCUT2D eigenvalue weighted by Gasteiger charge is 2.04. The van der Waals surface area contributed by atoms with Crippen LogP contribution in [0.15, 0.2) is 29.3 Å². The van der Waals surface area contributed by atoms with Gasteiger partial charge in [-0.25, -0.2) is 0 Å². The lowest BCUT2D eigenvalue weighted by Gasteiger charge is -2.12. The molecule has 0 radical (unpaired) electrons. The lowest BCUT2D eigenvalue weighted by atomic mass is 10.1. The zero-order valence-corrected chi connectivity index (χ0v) is 17.3. The van der Waals surface area contributed by atoms with E-state index in [0.29, 0.717) is 18.6 Å². The average molecular weight is 391 g/mol. The van der Waals surface area contributed by atoms with E-state index >= 15 is 0 Å². The van der Waals surface area contributed by atoms with Crippen molar-refractivity contribution in [3.8, 4) is 0 Å². The first-order chi connectivity index (χ1) is 13.6. The Labute approximate surface area is 168 Å². The molecule has 0 aliphatic heterocycles. The number of ether oxygens (including phenoxy) is 1. The van der Waals surface area contributed by atoms with E-state index < -0.39 is 0 Å². The summed E-state index contributed by atoms with van der Waals surface area (Å²) in [5.74, 6) is 0.592. The number of hydrogen-bond acceptors (Lipinski definition) is 4. The van der Waals surface area contributed by atoms with E-state index in [1.807, 2.05) is 31.2 Å². The van der Waals surface area contributed by atoms with Crippen LogP contribution in [0.1, 0.15) is 54.9 Å². The molecule has 1 aromatic carbocycles. The van der Waals surface area contributed by atoms with Crippen molar-refractivity contribution in [2.75, 3.05) is 33.8 Å². The highest BCUT2D eigenvalue weighted by Crippen LogP contribution is 2.06. The SMILES string of the molecule is CCOC(=O)CCCCCCNC(=NC)NCCc1cccc(C(=O)NC)c1. The second kappa shape index (κ2) is 14.5. The Morgan fingerprint density at radius 1 is 1.07 bits per heavy atom. The molecule has 1 amide bonds. The fourth-order valence-corrected chi connectivity index (χ4v) is 2.75. The van der Waals surface area contributed by atoms with Gasteiger partial charge in [-0.3, -0.25) is 14.6 Å². The maximum atomic E-state index is 11.7. The molecule has 7 heteroatoms. The molecule has 28 heavy (non-hydrogen) atoms. The summed E-state index contributed by atoms with van der Waals surface area (Å²) in [6.07, 6.45) is 5.30. The van der Waals surface area contributed by atoms with Gasteiger partial charge in [-0.2, -0.15) is 0 Å². The summed E-state index contributed by atoms with van der Waals surface area (Å²) in [7, 11) is 3.38. The second-order valence-electron chi connectivity index (χ2n) is 6.42. The molecule has 0 saturated carbocycles. The molecule has 0 aliphatic carbocycles. The van der Waals surface area contributed by atoms with Crippen LogP contribution >= 0.6 is 0 Å². The van der Waals surface area contributed by atoms with E-state index in [4.69, 9.17) is 4.74 Å². The number of amides is 1. The van der Waals surface area contributed by atoms with Crippen molar-refractivity contribution in [1.82, 2.24) is 16.0 Å². The van der Waals surface area contributed by atoms with E-state index in [-0.39, 0.29) is 11.9 Å². The summed E-state index contributed by atoms with van der Waals surface area (Å²) >= 11 is 0. The fourth-order valence-electron chi connectivity index (χ4n) is 2.75. The molecule has 0 unspecified atom stereocenters. The van der Waals surface area contributed by atoms with Gasteiger partial charge in [0.05, 0.1) is 6.61 Å². The number of guanidine groups is 1. The van der Waals surface area contributed by atoms with Crippen molar-refractivity contribution in [2.24, 2.45) is 4.99 Å². The van der Waals surface area contributed by atoms with Gasteiger partial charge < -0.3 is 20.7 Å². The highest BCUT2D eigenvalue weighted by molar-refractivity contribution is 5.94. The van der Waals surface area contributed by atoms with Crippen molar-refractivity contribution in [1.29, 1.82) is 0 Å². The van der Waals surface area contributed by atoms with Crippen LogP contribution in [0.3, 0.4) is 0 Å². The molecule has 0 aliphatic rings. The number of hydrogen-bond donors (Lipinski definition) is 3. The van der Waals surface area contributed by atoms with Crippen molar-refractivity contribution in [3.05, 3.63) is 35.4 Å². The lowest BCUT2D eigenvalue weighted by molar-refractivity contribution is -0.143. The predicted molar refractivity (Wildman–Crippen MR) is 113 cm³/mol. The first kappa shape index (κ1) is 23.5. The summed E-state index contributed by atoms with van der Waals surface area (Å²) in [5, 5.41) is 9.22. The Morgan fingerprint density at radius 3 is 2.54 bits per heavy atom. The van der Waals surface area contributed by atoms with Gasteiger partial charge in [-0.05, 0) is 43.9 Å². The number of nitrogens with zero attached hydrogens (tertiary/aromatic N) is 1. The van der Waals surface area contributed by atoms with Gasteiger partial charge in [0.2, 0.25) is 0 Å². The van der Waals surface area contributed by atoms with Crippen LogP contribution in [0.5, 0.6) is 0 Å². The van der Waals surface area contributed by atoms with Crippen LogP contribution in [-0.4, -0.2) is 51.6 Å². The minimum atomic E-state index is -0.105. The van der Waals surface area contributed by atoms with Crippen LogP contribution in [0.4, 0.5) is 0 Å². The minimum Gasteiger partial charge on any atom is -0.466 e. The molecule has 1 aromatic rings. The summed E-state index contributed by atoms with van der Waals surface area (Å²) in [5.41, 5.74) is 1.77. The Balaban J connectivity index is 2.17. The topological polar surface area (TPSA) is 91.8 Å². The molecular weight excluding hydrogens is 356 g/mol. The van der Waals surface area contributed by atoms with Gasteiger partial charge in [0, 0.05) is 39.2 Å². The molecule has 0 bridgehead atoms. The fraction of sp³-hybridized carbons (Fsp3) is 0.571. The zero-order valence-electron chi connectivity index (χ0n) is 17.3. The van der Waals surface area contributed by atoms with Crippen LogP contribution in [0.2, 0.25) is 0 Å². The molecule has 7 nitrogen and oxygen atoms in total. The molecule has 0 aromatic heterocycles. The van der Waals surface area contributed by atoms with Crippen LogP contribution in [0.25, 0.3) is 0 Å². The second-order valence-corrected chi connectivity index (χ2v) is 6.42. The smallest absolute Gasteiger partial charge is 0.305 e. The Kier molecular flexibility index (Phi) is 12.1. The van der Waals surface area contributed by atoms with E-state index in [9.17, 15) is 9.59 Å². The summed E-state index contributed by atoms with van der Waals surface area (Å²) in [6, 6.07) is 7.63. The molecule has 0 spiro atoms. The summed E-state index contributed by atoms with van der Waals surface area (Å²) < 4.78 is 4.91. The van der Waals surface area contributed by atoms with E-state index in [0.717, 1.165) is 56.7 Å². The summed E-state index contributed by atoms with van der Waals surface area (Å²) in [6.45, 7) is 3.85. The zero-order chi connectivity index (χ0) is 20.6. The number of aliphatic imine (C=N–C) groups is 1. The average Bonchev–Trinajstić information content (AvgIpc) is 2.71. The van der Waals surface area contributed by atoms with Gasteiger partial charge in [0.25, 0.3) is 5.91 Å².